The molecule has 1 aromatic carbocycles. The molecule has 0 unspecified atom stereocenters. The first-order chi connectivity index (χ1) is 13.8. The zero-order valence-corrected chi connectivity index (χ0v) is 19.4. The van der Waals surface area contributed by atoms with Gasteiger partial charge in [-0.25, -0.2) is 4.98 Å². The van der Waals surface area contributed by atoms with Crippen molar-refractivity contribution in [2.75, 3.05) is 25.9 Å². The van der Waals surface area contributed by atoms with Crippen molar-refractivity contribution in [3.8, 4) is 0 Å². The highest BCUT2D eigenvalue weighted by Crippen LogP contribution is 2.35. The molecule has 0 spiro atoms. The lowest BCUT2D eigenvalue weighted by molar-refractivity contribution is 0.136. The van der Waals surface area contributed by atoms with E-state index >= 15 is 0 Å². The molecular formula is C24H35N3OS. The third-order valence-corrected chi connectivity index (χ3v) is 6.80. The van der Waals surface area contributed by atoms with Gasteiger partial charge in [-0.05, 0) is 84.3 Å². The fourth-order valence-electron chi connectivity index (χ4n) is 3.50. The summed E-state index contributed by atoms with van der Waals surface area (Å²) in [5.41, 5.74) is 8.84. The molecule has 3 aromatic rings. The van der Waals surface area contributed by atoms with E-state index in [0.29, 0.717) is 12.4 Å². The lowest BCUT2D eigenvalue weighted by Crippen LogP contribution is -2.38. The average molecular weight is 414 g/mol. The second-order valence-corrected chi connectivity index (χ2v) is 9.98. The van der Waals surface area contributed by atoms with Crippen molar-refractivity contribution in [3.63, 3.8) is 0 Å². The van der Waals surface area contributed by atoms with Gasteiger partial charge in [0.1, 0.15) is 5.82 Å². The van der Waals surface area contributed by atoms with E-state index in [4.69, 9.17) is 10.5 Å². The molecular weight excluding hydrogens is 378 g/mol. The fraction of sp³-hybridized carbons (Fsp3) is 0.542. The number of nitrogens with two attached hydrogens (primary N) is 1. The molecule has 0 aliphatic carbocycles. The van der Waals surface area contributed by atoms with Gasteiger partial charge in [0.2, 0.25) is 0 Å². The van der Waals surface area contributed by atoms with Crippen molar-refractivity contribution >= 4 is 38.1 Å². The number of hydrogen-bond acceptors (Lipinski definition) is 5. The predicted octanol–water partition coefficient (Wildman–Crippen LogP) is 6.01. The van der Waals surface area contributed by atoms with Crippen LogP contribution in [0.5, 0.6) is 0 Å². The summed E-state index contributed by atoms with van der Waals surface area (Å²) >= 11 is 1.78. The van der Waals surface area contributed by atoms with Crippen LogP contribution in [0.25, 0.3) is 21.0 Å². The molecule has 3 rings (SSSR count). The number of thiophene rings is 1. The summed E-state index contributed by atoms with van der Waals surface area (Å²) in [5.74, 6) is 0.613. The van der Waals surface area contributed by atoms with E-state index in [2.05, 4.69) is 62.0 Å². The zero-order chi connectivity index (χ0) is 21.0. The minimum Gasteiger partial charge on any atom is -0.383 e. The van der Waals surface area contributed by atoms with Gasteiger partial charge in [-0.15, -0.1) is 11.3 Å². The SMILES string of the molecule is CCOCc1cc2c(N)nc3ccc(CCCCCN(C)C(C)(C)C)cc3c2s1. The number of pyridine rings is 1. The first-order valence-corrected chi connectivity index (χ1v) is 11.5. The molecule has 4 nitrogen and oxygen atoms in total. The van der Waals surface area contributed by atoms with Gasteiger partial charge in [-0.2, -0.15) is 0 Å². The number of benzene rings is 1. The van der Waals surface area contributed by atoms with E-state index in [1.54, 1.807) is 11.3 Å². The Hall–Kier alpha value is -1.69. The van der Waals surface area contributed by atoms with Crippen LogP contribution in [-0.4, -0.2) is 35.6 Å². The second kappa shape index (κ2) is 9.41. The minimum absolute atomic E-state index is 0.250. The molecule has 2 N–H and O–H groups in total. The number of aromatic nitrogens is 1. The van der Waals surface area contributed by atoms with Crippen LogP contribution in [-0.2, 0) is 17.8 Å². The third kappa shape index (κ3) is 5.47. The molecule has 5 heteroatoms. The van der Waals surface area contributed by atoms with E-state index in [9.17, 15) is 0 Å². The Balaban J connectivity index is 1.69. The standard InChI is InChI=1S/C24H35N3OS/c1-6-28-16-18-15-20-22(29-18)19-14-17(11-12-21(19)26-23(20)25)10-8-7-9-13-27(5)24(2,3)4/h11-12,14-15H,6-10,13,16H2,1-5H3,(H2,25,26). The van der Waals surface area contributed by atoms with Crippen molar-refractivity contribution in [1.29, 1.82) is 0 Å². The summed E-state index contributed by atoms with van der Waals surface area (Å²) in [7, 11) is 2.22. The van der Waals surface area contributed by atoms with E-state index in [0.717, 1.165) is 30.5 Å². The van der Waals surface area contributed by atoms with Gasteiger partial charge in [-0.1, -0.05) is 12.5 Å². The average Bonchev–Trinajstić information content (AvgIpc) is 3.11. The molecule has 0 aliphatic rings. The second-order valence-electron chi connectivity index (χ2n) is 8.84. The number of aryl methyl sites for hydroxylation is 1. The van der Waals surface area contributed by atoms with Crippen molar-refractivity contribution in [3.05, 3.63) is 34.7 Å². The molecule has 0 saturated heterocycles. The predicted molar refractivity (Wildman–Crippen MR) is 127 cm³/mol. The van der Waals surface area contributed by atoms with Crippen LogP contribution in [0.4, 0.5) is 5.82 Å². The van der Waals surface area contributed by atoms with Gasteiger partial charge in [-0.3, -0.25) is 0 Å². The Morgan fingerprint density at radius 3 is 2.62 bits per heavy atom. The summed E-state index contributed by atoms with van der Waals surface area (Å²) in [6.07, 6.45) is 4.83. The highest BCUT2D eigenvalue weighted by molar-refractivity contribution is 7.20. The Morgan fingerprint density at radius 1 is 1.10 bits per heavy atom. The lowest BCUT2D eigenvalue weighted by atomic mass is 10.0. The summed E-state index contributed by atoms with van der Waals surface area (Å²) in [5, 5.41) is 2.27. The maximum atomic E-state index is 6.22. The van der Waals surface area contributed by atoms with Crippen LogP contribution < -0.4 is 5.73 Å². The Kier molecular flexibility index (Phi) is 7.14. The van der Waals surface area contributed by atoms with E-state index < -0.39 is 0 Å². The number of rotatable bonds is 9. The molecule has 29 heavy (non-hydrogen) atoms. The largest absolute Gasteiger partial charge is 0.383 e. The molecule has 0 atom stereocenters. The molecule has 158 valence electrons. The molecule has 2 heterocycles. The smallest absolute Gasteiger partial charge is 0.132 e. The van der Waals surface area contributed by atoms with E-state index in [1.807, 2.05) is 6.92 Å². The Bertz CT molecular complexity index is 958. The summed E-state index contributed by atoms with van der Waals surface area (Å²) in [6, 6.07) is 8.77. The van der Waals surface area contributed by atoms with Gasteiger partial charge in [0, 0.05) is 32.5 Å². The van der Waals surface area contributed by atoms with Crippen LogP contribution in [0.3, 0.4) is 0 Å². The number of nitrogen functional groups attached to an aromatic ring is 1. The maximum absolute atomic E-state index is 6.22. The summed E-state index contributed by atoms with van der Waals surface area (Å²) in [6.45, 7) is 11.3. The Morgan fingerprint density at radius 2 is 1.90 bits per heavy atom. The topological polar surface area (TPSA) is 51.4 Å². The molecule has 0 amide bonds. The molecule has 2 aromatic heterocycles. The van der Waals surface area contributed by atoms with Gasteiger partial charge >= 0.3 is 0 Å². The number of unbranched alkanes of at least 4 members (excludes halogenated alkanes) is 2. The normalized spacial score (nSPS) is 12.5. The Labute approximate surface area is 179 Å². The van der Waals surface area contributed by atoms with Crippen LogP contribution >= 0.6 is 11.3 Å². The lowest BCUT2D eigenvalue weighted by Gasteiger charge is -2.31. The number of hydrogen-bond donors (Lipinski definition) is 1. The third-order valence-electron chi connectivity index (χ3n) is 5.66. The first kappa shape index (κ1) is 22.0. The zero-order valence-electron chi connectivity index (χ0n) is 18.5. The molecule has 0 bridgehead atoms. The highest BCUT2D eigenvalue weighted by Gasteiger charge is 2.16. The van der Waals surface area contributed by atoms with Gasteiger partial charge < -0.3 is 15.4 Å². The van der Waals surface area contributed by atoms with Crippen LogP contribution in [0.2, 0.25) is 0 Å². The monoisotopic (exact) mass is 413 g/mol. The number of ether oxygens (including phenoxy) is 1. The summed E-state index contributed by atoms with van der Waals surface area (Å²) in [4.78, 5) is 8.27. The maximum Gasteiger partial charge on any atom is 0.132 e. The minimum atomic E-state index is 0.250. The molecule has 0 saturated carbocycles. The number of anilines is 1. The van der Waals surface area contributed by atoms with Crippen molar-refractivity contribution in [2.45, 2.75) is 65.5 Å². The first-order valence-electron chi connectivity index (χ1n) is 10.7. The van der Waals surface area contributed by atoms with Gasteiger partial charge in [0.05, 0.1) is 12.1 Å². The fourth-order valence-corrected chi connectivity index (χ4v) is 4.63. The highest BCUT2D eigenvalue weighted by atomic mass is 32.1. The van der Waals surface area contributed by atoms with Crippen molar-refractivity contribution in [1.82, 2.24) is 9.88 Å². The van der Waals surface area contributed by atoms with Crippen LogP contribution in [0, 0.1) is 0 Å². The number of nitrogens with zero attached hydrogens (tertiary/aromatic N) is 2. The van der Waals surface area contributed by atoms with Gasteiger partial charge in [0.25, 0.3) is 0 Å². The van der Waals surface area contributed by atoms with E-state index in [-0.39, 0.29) is 5.54 Å². The quantitative estimate of drug-likeness (QED) is 0.436. The van der Waals surface area contributed by atoms with Crippen molar-refractivity contribution in [2.24, 2.45) is 0 Å². The van der Waals surface area contributed by atoms with E-state index in [1.165, 1.54) is 39.8 Å². The summed E-state index contributed by atoms with van der Waals surface area (Å²) < 4.78 is 6.82. The van der Waals surface area contributed by atoms with Crippen LogP contribution in [0.15, 0.2) is 24.3 Å². The molecule has 0 radical (unpaired) electrons. The molecule has 0 aliphatic heterocycles. The van der Waals surface area contributed by atoms with Gasteiger partial charge in [0.15, 0.2) is 0 Å². The van der Waals surface area contributed by atoms with Crippen LogP contribution in [0.1, 0.15) is 57.4 Å². The van der Waals surface area contributed by atoms with Crippen molar-refractivity contribution < 1.29 is 4.74 Å². The molecule has 0 fully saturated rings. The number of fused-ring (bicyclic) bond motifs is 3.